The fourth-order valence-electron chi connectivity index (χ4n) is 2.64. The van der Waals surface area contributed by atoms with E-state index in [0.29, 0.717) is 31.0 Å². The number of carbonyl (C=O) groups is 1. The molecule has 2 N–H and O–H groups in total. The third kappa shape index (κ3) is 4.86. The van der Waals surface area contributed by atoms with Gasteiger partial charge in [0.2, 0.25) is 17.6 Å². The second-order valence-electron chi connectivity index (χ2n) is 5.94. The summed E-state index contributed by atoms with van der Waals surface area (Å²) >= 11 is 1.57. The summed E-state index contributed by atoms with van der Waals surface area (Å²) in [4.78, 5) is 17.2. The molecule has 1 saturated heterocycles. The average Bonchev–Trinajstić information content (AvgIpc) is 3.24. The monoisotopic (exact) mass is 350 g/mol. The molecule has 2 aromatic rings. The number of amides is 1. The SMILES string of the molecule is C[C@@H]1C[C@@H](NNC(=O)CCCc2nc(-c3cccs3)no2)CCO1. The van der Waals surface area contributed by atoms with Crippen LogP contribution in [0.5, 0.6) is 0 Å². The van der Waals surface area contributed by atoms with Crippen molar-refractivity contribution in [2.45, 2.75) is 51.2 Å². The van der Waals surface area contributed by atoms with Gasteiger partial charge in [-0.1, -0.05) is 11.2 Å². The van der Waals surface area contributed by atoms with Crippen molar-refractivity contribution in [1.29, 1.82) is 0 Å². The number of rotatable bonds is 7. The minimum absolute atomic E-state index is 0.0212. The average molecular weight is 350 g/mol. The highest BCUT2D eigenvalue weighted by molar-refractivity contribution is 7.13. The molecule has 1 amide bonds. The lowest BCUT2D eigenvalue weighted by atomic mass is 10.1. The second kappa shape index (κ2) is 8.36. The van der Waals surface area contributed by atoms with Crippen molar-refractivity contribution in [1.82, 2.24) is 21.0 Å². The Bertz CT molecular complexity index is 644. The summed E-state index contributed by atoms with van der Waals surface area (Å²) in [5, 5.41) is 5.93. The summed E-state index contributed by atoms with van der Waals surface area (Å²) in [5.41, 5.74) is 5.87. The lowest BCUT2D eigenvalue weighted by molar-refractivity contribution is -0.122. The van der Waals surface area contributed by atoms with Gasteiger partial charge in [0.15, 0.2) is 0 Å². The van der Waals surface area contributed by atoms with Crippen molar-refractivity contribution >= 4 is 17.2 Å². The smallest absolute Gasteiger partial charge is 0.234 e. The Morgan fingerprint density at radius 1 is 1.50 bits per heavy atom. The summed E-state index contributed by atoms with van der Waals surface area (Å²) in [6, 6.07) is 4.18. The first-order valence-electron chi connectivity index (χ1n) is 8.23. The summed E-state index contributed by atoms with van der Waals surface area (Å²) in [6.45, 7) is 2.78. The first-order valence-corrected chi connectivity index (χ1v) is 9.11. The number of ether oxygens (including phenoxy) is 1. The zero-order valence-electron chi connectivity index (χ0n) is 13.7. The van der Waals surface area contributed by atoms with Crippen LogP contribution in [-0.2, 0) is 16.0 Å². The molecule has 7 nitrogen and oxygen atoms in total. The number of nitrogens with zero attached hydrogens (tertiary/aromatic N) is 2. The molecule has 2 aromatic heterocycles. The maximum absolute atomic E-state index is 11.9. The van der Waals surface area contributed by atoms with Gasteiger partial charge in [-0.05, 0) is 37.6 Å². The standard InChI is InChI=1S/C16H22N4O3S/c1-11-10-12(7-8-22-11)18-19-14(21)5-2-6-15-17-16(20-23-15)13-4-3-9-24-13/h3-4,9,11-12,18H,2,5-8,10H2,1H3,(H,19,21)/t11-,12+/m1/s1. The van der Waals surface area contributed by atoms with Gasteiger partial charge in [-0.2, -0.15) is 4.98 Å². The lowest BCUT2D eigenvalue weighted by Crippen LogP contribution is -2.47. The molecular formula is C16H22N4O3S. The van der Waals surface area contributed by atoms with E-state index >= 15 is 0 Å². The number of hydrogen-bond donors (Lipinski definition) is 2. The molecule has 1 aliphatic rings. The van der Waals surface area contributed by atoms with Gasteiger partial charge in [0, 0.05) is 25.5 Å². The molecular weight excluding hydrogens is 328 g/mol. The van der Waals surface area contributed by atoms with Crippen LogP contribution in [-0.4, -0.2) is 34.8 Å². The fraction of sp³-hybridized carbons (Fsp3) is 0.562. The van der Waals surface area contributed by atoms with Crippen molar-refractivity contribution < 1.29 is 14.1 Å². The molecule has 0 radical (unpaired) electrons. The van der Waals surface area contributed by atoms with Crippen LogP contribution in [0.25, 0.3) is 10.7 Å². The number of hydrazine groups is 1. The molecule has 0 unspecified atom stereocenters. The van der Waals surface area contributed by atoms with Gasteiger partial charge >= 0.3 is 0 Å². The number of carbonyl (C=O) groups excluding carboxylic acids is 1. The zero-order chi connectivity index (χ0) is 16.8. The Morgan fingerprint density at radius 2 is 2.42 bits per heavy atom. The van der Waals surface area contributed by atoms with Crippen LogP contribution in [0, 0.1) is 0 Å². The van der Waals surface area contributed by atoms with Crippen LogP contribution in [0.15, 0.2) is 22.0 Å². The Morgan fingerprint density at radius 3 is 3.21 bits per heavy atom. The molecule has 130 valence electrons. The summed E-state index contributed by atoms with van der Waals surface area (Å²) in [5.74, 6) is 1.16. The fourth-order valence-corrected chi connectivity index (χ4v) is 3.29. The summed E-state index contributed by atoms with van der Waals surface area (Å²) in [7, 11) is 0. The van der Waals surface area contributed by atoms with E-state index in [1.807, 2.05) is 24.4 Å². The van der Waals surface area contributed by atoms with Crippen LogP contribution < -0.4 is 10.9 Å². The number of hydrogen-bond acceptors (Lipinski definition) is 7. The lowest BCUT2D eigenvalue weighted by Gasteiger charge is -2.28. The highest BCUT2D eigenvalue weighted by Crippen LogP contribution is 2.21. The van der Waals surface area contributed by atoms with E-state index in [9.17, 15) is 4.79 Å². The van der Waals surface area contributed by atoms with E-state index in [1.54, 1.807) is 11.3 Å². The van der Waals surface area contributed by atoms with Crippen molar-refractivity contribution in [3.8, 4) is 10.7 Å². The second-order valence-corrected chi connectivity index (χ2v) is 6.89. The summed E-state index contributed by atoms with van der Waals surface area (Å²) < 4.78 is 10.7. The van der Waals surface area contributed by atoms with Gasteiger partial charge in [0.05, 0.1) is 11.0 Å². The molecule has 8 heteroatoms. The Kier molecular flexibility index (Phi) is 5.95. The van der Waals surface area contributed by atoms with E-state index in [-0.39, 0.29) is 18.1 Å². The van der Waals surface area contributed by atoms with Crippen molar-refractivity contribution in [2.75, 3.05) is 6.61 Å². The Hall–Kier alpha value is -1.77. The minimum atomic E-state index is -0.0212. The number of aromatic nitrogens is 2. The van der Waals surface area contributed by atoms with Gasteiger partial charge in [0.1, 0.15) is 0 Å². The van der Waals surface area contributed by atoms with Gasteiger partial charge < -0.3 is 9.26 Å². The molecule has 0 aromatic carbocycles. The predicted molar refractivity (Wildman–Crippen MR) is 90.3 cm³/mol. The van der Waals surface area contributed by atoms with Crippen LogP contribution in [0.4, 0.5) is 0 Å². The molecule has 24 heavy (non-hydrogen) atoms. The molecule has 0 saturated carbocycles. The van der Waals surface area contributed by atoms with Crippen molar-refractivity contribution in [2.24, 2.45) is 0 Å². The summed E-state index contributed by atoms with van der Waals surface area (Å²) in [6.07, 6.45) is 3.75. The van der Waals surface area contributed by atoms with E-state index < -0.39 is 0 Å². The molecule has 0 bridgehead atoms. The van der Waals surface area contributed by atoms with Crippen LogP contribution in [0.1, 0.15) is 38.5 Å². The maximum Gasteiger partial charge on any atom is 0.234 e. The molecule has 0 aliphatic carbocycles. The Balaban J connectivity index is 1.35. The largest absolute Gasteiger partial charge is 0.378 e. The van der Waals surface area contributed by atoms with E-state index in [4.69, 9.17) is 9.26 Å². The van der Waals surface area contributed by atoms with Crippen molar-refractivity contribution in [3.63, 3.8) is 0 Å². The third-order valence-electron chi connectivity index (χ3n) is 3.90. The maximum atomic E-state index is 11.9. The van der Waals surface area contributed by atoms with E-state index in [0.717, 1.165) is 24.3 Å². The molecule has 0 spiro atoms. The zero-order valence-corrected chi connectivity index (χ0v) is 14.5. The van der Waals surface area contributed by atoms with Gasteiger partial charge in [-0.3, -0.25) is 10.2 Å². The molecule has 2 atom stereocenters. The minimum Gasteiger partial charge on any atom is -0.378 e. The van der Waals surface area contributed by atoms with Crippen LogP contribution >= 0.6 is 11.3 Å². The molecule has 3 heterocycles. The quantitative estimate of drug-likeness (QED) is 0.745. The third-order valence-corrected chi connectivity index (χ3v) is 4.77. The number of thiophene rings is 1. The van der Waals surface area contributed by atoms with Crippen LogP contribution in [0.2, 0.25) is 0 Å². The Labute approximate surface area is 144 Å². The predicted octanol–water partition coefficient (Wildman–Crippen LogP) is 2.31. The van der Waals surface area contributed by atoms with Gasteiger partial charge in [0.25, 0.3) is 0 Å². The first-order chi connectivity index (χ1) is 11.7. The van der Waals surface area contributed by atoms with E-state index in [1.165, 1.54) is 0 Å². The molecule has 1 fully saturated rings. The highest BCUT2D eigenvalue weighted by atomic mass is 32.1. The van der Waals surface area contributed by atoms with Gasteiger partial charge in [-0.15, -0.1) is 11.3 Å². The molecule has 3 rings (SSSR count). The van der Waals surface area contributed by atoms with Crippen LogP contribution in [0.3, 0.4) is 0 Å². The van der Waals surface area contributed by atoms with Crippen molar-refractivity contribution in [3.05, 3.63) is 23.4 Å². The number of nitrogens with one attached hydrogen (secondary N) is 2. The normalized spacial score (nSPS) is 20.9. The van der Waals surface area contributed by atoms with E-state index in [2.05, 4.69) is 21.0 Å². The highest BCUT2D eigenvalue weighted by Gasteiger charge is 2.19. The van der Waals surface area contributed by atoms with Gasteiger partial charge in [-0.25, -0.2) is 5.43 Å². The topological polar surface area (TPSA) is 89.3 Å². The molecule has 1 aliphatic heterocycles. The first kappa shape index (κ1) is 17.1. The number of aryl methyl sites for hydroxylation is 1.